The molecule has 0 saturated carbocycles. The van der Waals surface area contributed by atoms with Crippen molar-refractivity contribution in [2.45, 2.75) is 46.1 Å². The predicted octanol–water partition coefficient (Wildman–Crippen LogP) is 3.89. The second-order valence-corrected chi connectivity index (χ2v) is 7.20. The van der Waals surface area contributed by atoms with E-state index in [9.17, 15) is 4.79 Å². The van der Waals surface area contributed by atoms with Crippen molar-refractivity contribution in [3.05, 3.63) is 65.6 Å². The molecule has 0 aliphatic heterocycles. The number of imidazole rings is 1. The monoisotopic (exact) mass is 365 g/mol. The summed E-state index contributed by atoms with van der Waals surface area (Å²) in [5.41, 5.74) is 4.10. The lowest BCUT2D eigenvalue weighted by Crippen LogP contribution is -2.37. The largest absolute Gasteiger partial charge is 0.481 e. The first kappa shape index (κ1) is 19.0. The fourth-order valence-corrected chi connectivity index (χ4v) is 3.03. The van der Waals surface area contributed by atoms with Crippen LogP contribution in [0, 0.1) is 6.92 Å². The Balaban J connectivity index is 1.55. The fraction of sp³-hybridized carbons (Fsp3) is 0.364. The van der Waals surface area contributed by atoms with E-state index in [2.05, 4.69) is 36.3 Å². The summed E-state index contributed by atoms with van der Waals surface area (Å²) >= 11 is 0. The first-order valence-electron chi connectivity index (χ1n) is 9.41. The topological polar surface area (TPSA) is 55.6 Å². The van der Waals surface area contributed by atoms with Crippen LogP contribution in [0.3, 0.4) is 0 Å². The Labute approximate surface area is 160 Å². The van der Waals surface area contributed by atoms with Crippen molar-refractivity contribution >= 4 is 11.6 Å². The molecule has 0 fully saturated rings. The molecule has 0 bridgehead atoms. The molecule has 0 spiro atoms. The third kappa shape index (κ3) is 4.67. The molecule has 0 radical (unpaired) electrons. The molecule has 142 valence electrons. The van der Waals surface area contributed by atoms with Gasteiger partial charge in [0.1, 0.15) is 11.4 Å². The quantitative estimate of drug-likeness (QED) is 0.691. The second kappa shape index (κ2) is 8.25. The number of fused-ring (bicyclic) bond motifs is 1. The highest BCUT2D eigenvalue weighted by atomic mass is 16.5. The number of ether oxygens (including phenoxy) is 1. The van der Waals surface area contributed by atoms with E-state index in [1.54, 1.807) is 6.92 Å². The number of nitrogens with zero attached hydrogens (tertiary/aromatic N) is 2. The van der Waals surface area contributed by atoms with Crippen LogP contribution in [0.4, 0.5) is 0 Å². The van der Waals surface area contributed by atoms with Crippen molar-refractivity contribution in [2.24, 2.45) is 0 Å². The maximum atomic E-state index is 12.4. The highest BCUT2D eigenvalue weighted by Gasteiger charge is 2.17. The number of benzene rings is 1. The first-order valence-corrected chi connectivity index (χ1v) is 9.41. The number of carbonyl (C=O) groups excluding carboxylic acids is 1. The van der Waals surface area contributed by atoms with Crippen molar-refractivity contribution in [3.8, 4) is 5.75 Å². The number of rotatable bonds is 7. The van der Waals surface area contributed by atoms with Gasteiger partial charge in [0.25, 0.3) is 5.91 Å². The minimum absolute atomic E-state index is 0.116. The van der Waals surface area contributed by atoms with Crippen molar-refractivity contribution in [3.63, 3.8) is 0 Å². The molecule has 2 heterocycles. The number of pyridine rings is 1. The van der Waals surface area contributed by atoms with Gasteiger partial charge in [-0.2, -0.15) is 0 Å². The second-order valence-electron chi connectivity index (χ2n) is 7.20. The third-order valence-corrected chi connectivity index (χ3v) is 4.56. The average molecular weight is 365 g/mol. The van der Waals surface area contributed by atoms with Crippen LogP contribution in [0.15, 0.2) is 48.8 Å². The SMILES string of the molecule is Cc1ccc(C(C)C)c(OC(C)C(=O)NCCc2cn3ccccc3n2)c1. The number of nitrogens with one attached hydrogen (secondary N) is 1. The lowest BCUT2D eigenvalue weighted by atomic mass is 10.0. The molecule has 3 rings (SSSR count). The van der Waals surface area contributed by atoms with E-state index in [0.29, 0.717) is 18.9 Å². The van der Waals surface area contributed by atoms with Gasteiger partial charge in [0.15, 0.2) is 6.10 Å². The van der Waals surface area contributed by atoms with E-state index in [-0.39, 0.29) is 5.91 Å². The molecule has 3 aromatic rings. The van der Waals surface area contributed by atoms with E-state index < -0.39 is 6.10 Å². The Kier molecular flexibility index (Phi) is 5.79. The first-order chi connectivity index (χ1) is 12.9. The van der Waals surface area contributed by atoms with E-state index in [1.807, 2.05) is 48.0 Å². The van der Waals surface area contributed by atoms with Gasteiger partial charge in [0.05, 0.1) is 5.69 Å². The molecule has 0 aliphatic rings. The third-order valence-electron chi connectivity index (χ3n) is 4.56. The molecule has 5 heteroatoms. The minimum Gasteiger partial charge on any atom is -0.481 e. The molecular weight excluding hydrogens is 338 g/mol. The van der Waals surface area contributed by atoms with E-state index in [4.69, 9.17) is 4.74 Å². The summed E-state index contributed by atoms with van der Waals surface area (Å²) in [5.74, 6) is 1.01. The Morgan fingerprint density at radius 1 is 1.22 bits per heavy atom. The lowest BCUT2D eigenvalue weighted by Gasteiger charge is -2.19. The molecular formula is C22H27N3O2. The Bertz CT molecular complexity index is 897. The van der Waals surface area contributed by atoms with E-state index in [0.717, 1.165) is 28.2 Å². The van der Waals surface area contributed by atoms with Crippen LogP contribution in [0.5, 0.6) is 5.75 Å². The lowest BCUT2D eigenvalue weighted by molar-refractivity contribution is -0.127. The van der Waals surface area contributed by atoms with Crippen LogP contribution < -0.4 is 10.1 Å². The Morgan fingerprint density at radius 2 is 2.04 bits per heavy atom. The van der Waals surface area contributed by atoms with Gasteiger partial charge in [0, 0.05) is 25.4 Å². The fourth-order valence-electron chi connectivity index (χ4n) is 3.03. The summed E-state index contributed by atoms with van der Waals surface area (Å²) < 4.78 is 7.95. The highest BCUT2D eigenvalue weighted by molar-refractivity contribution is 5.80. The van der Waals surface area contributed by atoms with E-state index in [1.165, 1.54) is 0 Å². The standard InChI is InChI=1S/C22H27N3O2/c1-15(2)19-9-8-16(3)13-20(19)27-17(4)22(26)23-11-10-18-14-25-12-6-5-7-21(25)24-18/h5-9,12-15,17H,10-11H2,1-4H3,(H,23,26). The molecule has 1 aromatic carbocycles. The molecule has 1 unspecified atom stereocenters. The van der Waals surface area contributed by atoms with Crippen LogP contribution in [0.1, 0.15) is 43.5 Å². The van der Waals surface area contributed by atoms with Crippen molar-refractivity contribution < 1.29 is 9.53 Å². The predicted molar refractivity (Wildman–Crippen MR) is 107 cm³/mol. The van der Waals surface area contributed by atoms with Gasteiger partial charge in [-0.25, -0.2) is 4.98 Å². The molecule has 1 N–H and O–H groups in total. The summed E-state index contributed by atoms with van der Waals surface area (Å²) in [6, 6.07) is 12.0. The van der Waals surface area contributed by atoms with E-state index >= 15 is 0 Å². The van der Waals surface area contributed by atoms with Crippen LogP contribution in [-0.2, 0) is 11.2 Å². The number of amides is 1. The molecule has 2 aromatic heterocycles. The van der Waals surface area contributed by atoms with Gasteiger partial charge >= 0.3 is 0 Å². The molecule has 0 saturated heterocycles. The van der Waals surface area contributed by atoms with Gasteiger partial charge in [0.2, 0.25) is 0 Å². The van der Waals surface area contributed by atoms with Crippen LogP contribution >= 0.6 is 0 Å². The molecule has 1 amide bonds. The summed E-state index contributed by atoms with van der Waals surface area (Å²) in [5, 5.41) is 2.95. The maximum absolute atomic E-state index is 12.4. The van der Waals surface area contributed by atoms with Crippen LogP contribution in [0.25, 0.3) is 5.65 Å². The van der Waals surface area contributed by atoms with Crippen molar-refractivity contribution in [1.82, 2.24) is 14.7 Å². The number of aryl methyl sites for hydroxylation is 1. The zero-order valence-corrected chi connectivity index (χ0v) is 16.4. The normalized spacial score (nSPS) is 12.3. The van der Waals surface area contributed by atoms with Crippen LogP contribution in [-0.4, -0.2) is 27.9 Å². The number of carbonyl (C=O) groups is 1. The summed E-state index contributed by atoms with van der Waals surface area (Å²) in [7, 11) is 0. The highest BCUT2D eigenvalue weighted by Crippen LogP contribution is 2.28. The Hall–Kier alpha value is -2.82. The molecule has 27 heavy (non-hydrogen) atoms. The number of aromatic nitrogens is 2. The molecule has 1 atom stereocenters. The van der Waals surface area contributed by atoms with Crippen LogP contribution in [0.2, 0.25) is 0 Å². The summed E-state index contributed by atoms with van der Waals surface area (Å²) in [6.07, 6.45) is 4.09. The smallest absolute Gasteiger partial charge is 0.260 e. The molecule has 5 nitrogen and oxygen atoms in total. The van der Waals surface area contributed by atoms with Crippen molar-refractivity contribution in [2.75, 3.05) is 6.54 Å². The van der Waals surface area contributed by atoms with Gasteiger partial charge in [-0.05, 0) is 49.1 Å². The summed E-state index contributed by atoms with van der Waals surface area (Å²) in [6.45, 7) is 8.58. The van der Waals surface area contributed by atoms with Gasteiger partial charge in [-0.3, -0.25) is 4.79 Å². The maximum Gasteiger partial charge on any atom is 0.260 e. The minimum atomic E-state index is -0.551. The van der Waals surface area contributed by atoms with Gasteiger partial charge in [-0.15, -0.1) is 0 Å². The van der Waals surface area contributed by atoms with Crippen molar-refractivity contribution in [1.29, 1.82) is 0 Å². The molecule has 0 aliphatic carbocycles. The zero-order valence-electron chi connectivity index (χ0n) is 16.4. The number of hydrogen-bond acceptors (Lipinski definition) is 3. The average Bonchev–Trinajstić information content (AvgIpc) is 3.04. The number of hydrogen-bond donors (Lipinski definition) is 1. The van der Waals surface area contributed by atoms with Gasteiger partial charge in [-0.1, -0.05) is 32.0 Å². The van der Waals surface area contributed by atoms with Gasteiger partial charge < -0.3 is 14.5 Å². The Morgan fingerprint density at radius 3 is 2.78 bits per heavy atom. The summed E-state index contributed by atoms with van der Waals surface area (Å²) in [4.78, 5) is 17.0. The zero-order chi connectivity index (χ0) is 19.4.